The van der Waals surface area contributed by atoms with Crippen LogP contribution in [0.4, 0.5) is 0 Å². The highest BCUT2D eigenvalue weighted by atomic mass is 16.5. The molecule has 6 heteroatoms. The van der Waals surface area contributed by atoms with Gasteiger partial charge in [-0.2, -0.15) is 0 Å². The summed E-state index contributed by atoms with van der Waals surface area (Å²) in [5, 5.41) is 9.80. The van der Waals surface area contributed by atoms with Crippen molar-refractivity contribution in [2.45, 2.75) is 26.0 Å². The first-order valence-corrected chi connectivity index (χ1v) is 6.04. The maximum absolute atomic E-state index is 11.7. The van der Waals surface area contributed by atoms with E-state index in [1.54, 1.807) is 31.2 Å². The summed E-state index contributed by atoms with van der Waals surface area (Å²) in [5.41, 5.74) is 1.05. The van der Waals surface area contributed by atoms with E-state index in [0.29, 0.717) is 11.1 Å². The molecule has 6 nitrogen and oxygen atoms in total. The van der Waals surface area contributed by atoms with E-state index in [9.17, 15) is 14.7 Å². The molecule has 0 saturated carbocycles. The Kier molecular flexibility index (Phi) is 4.01. The van der Waals surface area contributed by atoms with E-state index in [4.69, 9.17) is 9.15 Å². The molecule has 1 unspecified atom stereocenters. The molecule has 0 aliphatic carbocycles. The van der Waals surface area contributed by atoms with Crippen molar-refractivity contribution in [3.05, 3.63) is 34.8 Å². The fraction of sp³-hybridized carbons (Fsp3) is 0.385. The Hall–Kier alpha value is -2.08. The molecule has 1 aromatic heterocycles. The van der Waals surface area contributed by atoms with Crippen LogP contribution >= 0.6 is 0 Å². The van der Waals surface area contributed by atoms with Gasteiger partial charge in [0.2, 0.25) is 0 Å². The number of carbonyl (C=O) groups is 1. The number of nitrogens with zero attached hydrogens (tertiary/aromatic N) is 1. The number of carbonyl (C=O) groups excluding carboxylic acids is 1. The van der Waals surface area contributed by atoms with Crippen molar-refractivity contribution >= 4 is 17.1 Å². The van der Waals surface area contributed by atoms with E-state index >= 15 is 0 Å². The van der Waals surface area contributed by atoms with Gasteiger partial charge in [-0.25, -0.2) is 4.79 Å². The minimum absolute atomic E-state index is 0.00530. The van der Waals surface area contributed by atoms with Crippen molar-refractivity contribution in [3.8, 4) is 0 Å². The number of benzene rings is 1. The Morgan fingerprint density at radius 3 is 2.95 bits per heavy atom. The number of aromatic nitrogens is 1. The highest BCUT2D eigenvalue weighted by molar-refractivity contribution is 5.72. The number of rotatable bonds is 5. The monoisotopic (exact) mass is 265 g/mol. The van der Waals surface area contributed by atoms with Crippen molar-refractivity contribution < 1.29 is 19.1 Å². The van der Waals surface area contributed by atoms with Gasteiger partial charge in [-0.05, 0) is 19.1 Å². The largest absolute Gasteiger partial charge is 0.466 e. The lowest BCUT2D eigenvalue weighted by atomic mass is 10.2. The summed E-state index contributed by atoms with van der Waals surface area (Å²) in [5.74, 6) is -1.04. The van der Waals surface area contributed by atoms with Crippen LogP contribution in [-0.4, -0.2) is 28.4 Å². The minimum Gasteiger partial charge on any atom is -0.466 e. The standard InChI is InChI=1S/C13H15NO5/c1-2-18-12(16)7-9(15)8-14-10-5-3-4-6-11(10)19-13(14)17/h3-6,9,15H,2,7-8H2,1H3. The number of fused-ring (bicyclic) bond motifs is 1. The van der Waals surface area contributed by atoms with Crippen molar-refractivity contribution in [1.82, 2.24) is 4.57 Å². The Balaban J connectivity index is 2.15. The summed E-state index contributed by atoms with van der Waals surface area (Å²) in [6, 6.07) is 6.92. The summed E-state index contributed by atoms with van der Waals surface area (Å²) in [6.07, 6.45) is -1.14. The van der Waals surface area contributed by atoms with Gasteiger partial charge in [0.25, 0.3) is 0 Å². The lowest BCUT2D eigenvalue weighted by Gasteiger charge is -2.10. The lowest BCUT2D eigenvalue weighted by molar-refractivity contribution is -0.145. The third-order valence-electron chi connectivity index (χ3n) is 2.67. The van der Waals surface area contributed by atoms with Gasteiger partial charge in [-0.3, -0.25) is 9.36 Å². The van der Waals surface area contributed by atoms with E-state index in [2.05, 4.69) is 0 Å². The molecule has 102 valence electrons. The number of aliphatic hydroxyl groups excluding tert-OH is 1. The molecule has 1 atom stereocenters. The maximum Gasteiger partial charge on any atom is 0.420 e. The number of aliphatic hydroxyl groups is 1. The first-order valence-electron chi connectivity index (χ1n) is 6.04. The second-order valence-electron chi connectivity index (χ2n) is 4.11. The molecular formula is C13H15NO5. The Morgan fingerprint density at radius 2 is 2.21 bits per heavy atom. The van der Waals surface area contributed by atoms with E-state index < -0.39 is 17.8 Å². The van der Waals surface area contributed by atoms with Gasteiger partial charge in [0, 0.05) is 0 Å². The average molecular weight is 265 g/mol. The zero-order valence-corrected chi connectivity index (χ0v) is 10.5. The van der Waals surface area contributed by atoms with Crippen molar-refractivity contribution in [3.63, 3.8) is 0 Å². The Labute approximate surface area is 109 Å². The number of oxazole rings is 1. The molecule has 0 bridgehead atoms. The van der Waals surface area contributed by atoms with Crippen LogP contribution in [-0.2, 0) is 16.1 Å². The molecule has 0 saturated heterocycles. The molecule has 0 aliphatic heterocycles. The first kappa shape index (κ1) is 13.4. The molecular weight excluding hydrogens is 250 g/mol. The molecule has 2 rings (SSSR count). The number of ether oxygens (including phenoxy) is 1. The smallest absolute Gasteiger partial charge is 0.420 e. The quantitative estimate of drug-likeness (QED) is 0.812. The zero-order chi connectivity index (χ0) is 13.8. The van der Waals surface area contributed by atoms with Crippen LogP contribution in [0, 0.1) is 0 Å². The van der Waals surface area contributed by atoms with Crippen molar-refractivity contribution in [1.29, 1.82) is 0 Å². The van der Waals surface area contributed by atoms with Gasteiger partial charge in [0.1, 0.15) is 0 Å². The zero-order valence-electron chi connectivity index (χ0n) is 10.5. The van der Waals surface area contributed by atoms with Crippen LogP contribution in [0.1, 0.15) is 13.3 Å². The predicted octanol–water partition coefficient (Wildman–Crippen LogP) is 0.909. The van der Waals surface area contributed by atoms with Gasteiger partial charge in [-0.1, -0.05) is 12.1 Å². The van der Waals surface area contributed by atoms with Gasteiger partial charge in [0.15, 0.2) is 5.58 Å². The molecule has 0 aliphatic rings. The average Bonchev–Trinajstić information content (AvgIpc) is 2.66. The molecule has 0 amide bonds. The lowest BCUT2D eigenvalue weighted by Crippen LogP contribution is -2.26. The van der Waals surface area contributed by atoms with E-state index in [1.165, 1.54) is 4.57 Å². The highest BCUT2D eigenvalue weighted by Crippen LogP contribution is 2.12. The second-order valence-corrected chi connectivity index (χ2v) is 4.11. The number of hydrogen-bond donors (Lipinski definition) is 1. The number of hydrogen-bond acceptors (Lipinski definition) is 5. The molecule has 19 heavy (non-hydrogen) atoms. The van der Waals surface area contributed by atoms with Crippen molar-refractivity contribution in [2.24, 2.45) is 0 Å². The van der Waals surface area contributed by atoms with Crippen LogP contribution in [0.3, 0.4) is 0 Å². The Morgan fingerprint density at radius 1 is 1.47 bits per heavy atom. The van der Waals surface area contributed by atoms with Crippen LogP contribution in [0.5, 0.6) is 0 Å². The van der Waals surface area contributed by atoms with Crippen LogP contribution in [0.15, 0.2) is 33.5 Å². The van der Waals surface area contributed by atoms with Gasteiger partial charge in [-0.15, -0.1) is 0 Å². The molecule has 0 radical (unpaired) electrons. The molecule has 0 spiro atoms. The maximum atomic E-state index is 11.7. The Bertz CT molecular complexity index is 627. The number of esters is 1. The summed E-state index contributed by atoms with van der Waals surface area (Å²) in [4.78, 5) is 22.9. The first-order chi connectivity index (χ1) is 9.11. The normalized spacial score (nSPS) is 12.5. The second kappa shape index (κ2) is 5.71. The molecule has 2 aromatic rings. The molecule has 0 fully saturated rings. The van der Waals surface area contributed by atoms with Gasteiger partial charge in [0.05, 0.1) is 31.2 Å². The van der Waals surface area contributed by atoms with E-state index in [0.717, 1.165) is 0 Å². The van der Waals surface area contributed by atoms with Gasteiger partial charge >= 0.3 is 11.7 Å². The third-order valence-corrected chi connectivity index (χ3v) is 2.67. The predicted molar refractivity (Wildman–Crippen MR) is 67.7 cm³/mol. The van der Waals surface area contributed by atoms with Gasteiger partial charge < -0.3 is 14.3 Å². The van der Waals surface area contributed by atoms with Crippen LogP contribution < -0.4 is 5.76 Å². The number of para-hydroxylation sites is 2. The van der Waals surface area contributed by atoms with Crippen LogP contribution in [0.2, 0.25) is 0 Å². The summed E-state index contributed by atoms with van der Waals surface area (Å²) >= 11 is 0. The summed E-state index contributed by atoms with van der Waals surface area (Å²) in [6.45, 7) is 1.95. The summed E-state index contributed by atoms with van der Waals surface area (Å²) < 4.78 is 11.1. The molecule has 1 N–H and O–H groups in total. The van der Waals surface area contributed by atoms with E-state index in [1.807, 2.05) is 0 Å². The fourth-order valence-electron chi connectivity index (χ4n) is 1.87. The van der Waals surface area contributed by atoms with E-state index in [-0.39, 0.29) is 19.6 Å². The topological polar surface area (TPSA) is 81.7 Å². The third kappa shape index (κ3) is 3.03. The molecule has 1 aromatic carbocycles. The van der Waals surface area contributed by atoms with Crippen molar-refractivity contribution in [2.75, 3.05) is 6.61 Å². The summed E-state index contributed by atoms with van der Waals surface area (Å²) in [7, 11) is 0. The SMILES string of the molecule is CCOC(=O)CC(O)Cn1c(=O)oc2ccccc21. The van der Waals surface area contributed by atoms with Crippen LogP contribution in [0.25, 0.3) is 11.1 Å². The minimum atomic E-state index is -0.988. The fourth-order valence-corrected chi connectivity index (χ4v) is 1.87. The molecule has 1 heterocycles. The highest BCUT2D eigenvalue weighted by Gasteiger charge is 2.16.